The SMILES string of the molecule is COP(OC)c1ccccc1Nc1nc(Nc2ccc(N3CCC(N4CCN(C)CC4)CC3)c(OC(C)C)c2)ncc1Cl. The van der Waals surface area contributed by atoms with Crippen molar-refractivity contribution in [3.05, 3.63) is 53.7 Å². The predicted octanol–water partition coefficient (Wildman–Crippen LogP) is 5.85. The molecule has 0 amide bonds. The van der Waals surface area contributed by atoms with Crippen LogP contribution in [0.3, 0.4) is 0 Å². The van der Waals surface area contributed by atoms with Gasteiger partial charge in [0, 0.05) is 71.3 Å². The van der Waals surface area contributed by atoms with Gasteiger partial charge in [-0.2, -0.15) is 4.98 Å². The Bertz CT molecular complexity index is 1350. The monoisotopic (exact) mass is 627 g/mol. The first-order valence-corrected chi connectivity index (χ1v) is 16.4. The number of aromatic nitrogens is 2. The molecule has 0 spiro atoms. The summed E-state index contributed by atoms with van der Waals surface area (Å²) < 4.78 is 17.4. The fourth-order valence-electron chi connectivity index (χ4n) is 5.64. The molecule has 10 nitrogen and oxygen atoms in total. The van der Waals surface area contributed by atoms with Crippen molar-refractivity contribution in [3.63, 3.8) is 0 Å². The highest BCUT2D eigenvalue weighted by Crippen LogP contribution is 2.39. The summed E-state index contributed by atoms with van der Waals surface area (Å²) in [7, 11) is 4.23. The molecule has 1 aromatic heterocycles. The van der Waals surface area contributed by atoms with Crippen LogP contribution in [0.5, 0.6) is 5.75 Å². The number of rotatable bonds is 11. The van der Waals surface area contributed by atoms with Crippen molar-refractivity contribution in [2.45, 2.75) is 38.8 Å². The minimum atomic E-state index is -1.24. The van der Waals surface area contributed by atoms with Gasteiger partial charge in [-0.3, -0.25) is 4.90 Å². The number of hydrogen-bond donors (Lipinski definition) is 2. The Morgan fingerprint density at radius 1 is 0.953 bits per heavy atom. The molecule has 3 aromatic rings. The van der Waals surface area contributed by atoms with Crippen molar-refractivity contribution in [2.24, 2.45) is 0 Å². The molecular formula is C31H43ClN7O3P. The lowest BCUT2D eigenvalue weighted by atomic mass is 10.0. The molecule has 2 aliphatic heterocycles. The molecule has 0 bridgehead atoms. The lowest BCUT2D eigenvalue weighted by Gasteiger charge is -2.42. The van der Waals surface area contributed by atoms with Crippen molar-refractivity contribution in [1.29, 1.82) is 0 Å². The van der Waals surface area contributed by atoms with Crippen LogP contribution < -0.4 is 25.6 Å². The van der Waals surface area contributed by atoms with Crippen molar-refractivity contribution in [2.75, 3.05) is 76.1 Å². The summed E-state index contributed by atoms with van der Waals surface area (Å²) in [5, 5.41) is 7.97. The first kappa shape index (κ1) is 31.7. The molecule has 0 radical (unpaired) electrons. The van der Waals surface area contributed by atoms with E-state index in [1.807, 2.05) is 30.3 Å². The minimum absolute atomic E-state index is 0.0456. The molecule has 0 unspecified atom stereocenters. The smallest absolute Gasteiger partial charge is 0.229 e. The number of piperidine rings is 1. The van der Waals surface area contributed by atoms with Gasteiger partial charge < -0.3 is 34.2 Å². The van der Waals surface area contributed by atoms with Crippen molar-refractivity contribution < 1.29 is 13.8 Å². The highest BCUT2D eigenvalue weighted by molar-refractivity contribution is 7.56. The molecule has 3 heterocycles. The Morgan fingerprint density at radius 3 is 2.37 bits per heavy atom. The van der Waals surface area contributed by atoms with Gasteiger partial charge >= 0.3 is 0 Å². The summed E-state index contributed by atoms with van der Waals surface area (Å²) >= 11 is 6.50. The third kappa shape index (κ3) is 8.06. The topological polar surface area (TPSA) is 87.3 Å². The van der Waals surface area contributed by atoms with E-state index in [1.54, 1.807) is 20.4 Å². The number of hydrogen-bond acceptors (Lipinski definition) is 10. The van der Waals surface area contributed by atoms with Gasteiger partial charge in [0.05, 0.1) is 29.0 Å². The van der Waals surface area contributed by atoms with Crippen LogP contribution in [0.15, 0.2) is 48.7 Å². The average molecular weight is 628 g/mol. The van der Waals surface area contributed by atoms with E-state index >= 15 is 0 Å². The molecule has 2 saturated heterocycles. The van der Waals surface area contributed by atoms with Crippen molar-refractivity contribution >= 4 is 54.1 Å². The van der Waals surface area contributed by atoms with E-state index in [-0.39, 0.29) is 6.10 Å². The molecule has 0 aliphatic carbocycles. The third-order valence-electron chi connectivity index (χ3n) is 7.87. The van der Waals surface area contributed by atoms with Gasteiger partial charge in [0.25, 0.3) is 0 Å². The number of nitrogens with one attached hydrogen (secondary N) is 2. The molecule has 232 valence electrons. The zero-order valence-electron chi connectivity index (χ0n) is 25.7. The summed E-state index contributed by atoms with van der Waals surface area (Å²) in [5.74, 6) is 1.75. The first-order chi connectivity index (χ1) is 20.8. The molecule has 2 aromatic carbocycles. The number of nitrogens with zero attached hydrogens (tertiary/aromatic N) is 5. The quantitative estimate of drug-likeness (QED) is 0.253. The van der Waals surface area contributed by atoms with Gasteiger partial charge in [0.15, 0.2) is 5.82 Å². The van der Waals surface area contributed by atoms with E-state index in [0.29, 0.717) is 22.8 Å². The fraction of sp³-hybridized carbons (Fsp3) is 0.484. The molecule has 5 rings (SSSR count). The lowest BCUT2D eigenvalue weighted by Crippen LogP contribution is -2.52. The van der Waals surface area contributed by atoms with Gasteiger partial charge in [-0.25, -0.2) is 4.98 Å². The first-order valence-electron chi connectivity index (χ1n) is 14.9. The number of anilines is 5. The van der Waals surface area contributed by atoms with Gasteiger partial charge in [0.1, 0.15) is 10.8 Å². The number of ether oxygens (including phenoxy) is 1. The fourth-order valence-corrected chi connectivity index (χ4v) is 6.86. The van der Waals surface area contributed by atoms with Crippen LogP contribution in [0.25, 0.3) is 0 Å². The van der Waals surface area contributed by atoms with Crippen LogP contribution >= 0.6 is 20.0 Å². The largest absolute Gasteiger partial charge is 0.489 e. The van der Waals surface area contributed by atoms with E-state index < -0.39 is 8.38 Å². The second-order valence-corrected chi connectivity index (χ2v) is 13.3. The zero-order valence-corrected chi connectivity index (χ0v) is 27.4. The van der Waals surface area contributed by atoms with Crippen LogP contribution in [0.2, 0.25) is 5.02 Å². The maximum absolute atomic E-state index is 6.50. The second-order valence-electron chi connectivity index (χ2n) is 11.2. The van der Waals surface area contributed by atoms with Gasteiger partial charge in [-0.15, -0.1) is 0 Å². The van der Waals surface area contributed by atoms with Crippen LogP contribution in [0.1, 0.15) is 26.7 Å². The molecule has 2 N–H and O–H groups in total. The number of para-hydroxylation sites is 1. The molecule has 0 atom stereocenters. The van der Waals surface area contributed by atoms with Gasteiger partial charge in [0.2, 0.25) is 14.3 Å². The van der Waals surface area contributed by atoms with Crippen LogP contribution in [-0.2, 0) is 9.05 Å². The third-order valence-corrected chi connectivity index (χ3v) is 9.59. The normalized spacial score (nSPS) is 17.1. The molecule has 12 heteroatoms. The van der Waals surface area contributed by atoms with E-state index in [2.05, 4.69) is 68.3 Å². The van der Waals surface area contributed by atoms with Crippen LogP contribution in [-0.4, -0.2) is 92.4 Å². The molecule has 2 fully saturated rings. The Morgan fingerprint density at radius 2 is 1.67 bits per heavy atom. The minimum Gasteiger partial charge on any atom is -0.489 e. The zero-order chi connectivity index (χ0) is 30.3. The lowest BCUT2D eigenvalue weighted by molar-refractivity contribution is 0.0981. The highest BCUT2D eigenvalue weighted by Gasteiger charge is 2.28. The number of likely N-dealkylation sites (N-methyl/N-ethyl adjacent to an activating group) is 1. The van der Waals surface area contributed by atoms with Crippen molar-refractivity contribution in [1.82, 2.24) is 19.8 Å². The van der Waals surface area contributed by atoms with Crippen molar-refractivity contribution in [3.8, 4) is 5.75 Å². The summed E-state index contributed by atoms with van der Waals surface area (Å²) in [6.07, 6.45) is 3.96. The Balaban J connectivity index is 1.30. The maximum atomic E-state index is 6.50. The highest BCUT2D eigenvalue weighted by atomic mass is 35.5. The molecule has 43 heavy (non-hydrogen) atoms. The van der Waals surface area contributed by atoms with Gasteiger partial charge in [-0.05, 0) is 58.0 Å². The standard InChI is InChI=1S/C31H43ClN7O3P/c1-22(2)42-28-20-23(10-11-27(28)39-14-12-24(13-15-39)38-18-16-37(3)17-19-38)34-31-33-21-25(32)30(36-31)35-26-8-6-7-9-29(26)43(40-4)41-5/h6-11,20-22,24H,12-19H2,1-5H3,(H2,33,34,35,36). The Hall–Kier alpha value is -2.72. The van der Waals surface area contributed by atoms with Gasteiger partial charge in [-0.1, -0.05) is 23.7 Å². The summed E-state index contributed by atoms with van der Waals surface area (Å²) in [6, 6.07) is 14.7. The number of benzene rings is 2. The summed E-state index contributed by atoms with van der Waals surface area (Å²) in [5.41, 5.74) is 2.76. The van der Waals surface area contributed by atoms with Crippen LogP contribution in [0.4, 0.5) is 28.8 Å². The van der Waals surface area contributed by atoms with Crippen LogP contribution in [0, 0.1) is 0 Å². The molecule has 2 aliphatic rings. The predicted molar refractivity (Wildman–Crippen MR) is 177 cm³/mol. The van der Waals surface area contributed by atoms with E-state index in [9.17, 15) is 0 Å². The van der Waals surface area contributed by atoms with E-state index in [1.165, 1.54) is 25.9 Å². The summed E-state index contributed by atoms with van der Waals surface area (Å²) in [4.78, 5) is 16.7. The maximum Gasteiger partial charge on any atom is 0.229 e. The molecular weight excluding hydrogens is 585 g/mol. The Labute approximate surface area is 261 Å². The number of piperazine rings is 1. The van der Waals surface area contributed by atoms with E-state index in [4.69, 9.17) is 25.4 Å². The molecule has 0 saturated carbocycles. The summed E-state index contributed by atoms with van der Waals surface area (Å²) in [6.45, 7) is 10.8. The Kier molecular flexibility index (Phi) is 10.9. The average Bonchev–Trinajstić information content (AvgIpc) is 3.01. The number of halogens is 1. The van der Waals surface area contributed by atoms with E-state index in [0.717, 1.165) is 54.3 Å². The second kappa shape index (κ2) is 14.8.